The molecule has 1 aromatic carbocycles. The van der Waals surface area contributed by atoms with Gasteiger partial charge in [-0.15, -0.1) is 0 Å². The molecule has 0 spiro atoms. The quantitative estimate of drug-likeness (QED) is 0.433. The lowest BCUT2D eigenvalue weighted by atomic mass is 10.1. The number of aryl methyl sites for hydroxylation is 1. The average Bonchev–Trinajstić information content (AvgIpc) is 2.55. The fourth-order valence-electron chi connectivity index (χ4n) is 2.41. The number of rotatable bonds is 13. The lowest BCUT2D eigenvalue weighted by Gasteiger charge is -2.05. The van der Waals surface area contributed by atoms with Gasteiger partial charge in [0, 0.05) is 12.8 Å². The lowest BCUT2D eigenvalue weighted by molar-refractivity contribution is -0.144. The van der Waals surface area contributed by atoms with Crippen LogP contribution in [0.2, 0.25) is 0 Å². The van der Waals surface area contributed by atoms with Crippen LogP contribution < -0.4 is 0 Å². The van der Waals surface area contributed by atoms with Gasteiger partial charge in [0.15, 0.2) is 0 Å². The number of carboxylic acids is 1. The molecule has 1 N–H and O–H groups in total. The number of carbonyl (C=O) groups is 2. The SMILES string of the molecule is O=C(O)CCCCC(=O)OCCCCCCCc1ccccc1. The summed E-state index contributed by atoms with van der Waals surface area (Å²) in [5.41, 5.74) is 1.39. The molecule has 0 amide bonds. The first-order valence-corrected chi connectivity index (χ1v) is 8.60. The van der Waals surface area contributed by atoms with Crippen molar-refractivity contribution in [1.82, 2.24) is 0 Å². The Morgan fingerprint density at radius 2 is 1.48 bits per heavy atom. The van der Waals surface area contributed by atoms with Crippen LogP contribution in [0.5, 0.6) is 0 Å². The van der Waals surface area contributed by atoms with Crippen molar-refractivity contribution in [2.45, 2.75) is 64.2 Å². The second kappa shape index (κ2) is 12.7. The van der Waals surface area contributed by atoms with Gasteiger partial charge < -0.3 is 9.84 Å². The zero-order valence-electron chi connectivity index (χ0n) is 13.8. The number of carboxylic acid groups (broad SMARTS) is 1. The molecule has 1 rings (SSSR count). The first-order chi connectivity index (χ1) is 11.2. The number of hydrogen-bond acceptors (Lipinski definition) is 3. The Morgan fingerprint density at radius 3 is 2.22 bits per heavy atom. The smallest absolute Gasteiger partial charge is 0.305 e. The van der Waals surface area contributed by atoms with Crippen molar-refractivity contribution in [2.24, 2.45) is 0 Å². The Morgan fingerprint density at radius 1 is 0.826 bits per heavy atom. The molecule has 0 heterocycles. The fourth-order valence-corrected chi connectivity index (χ4v) is 2.41. The Labute approximate surface area is 138 Å². The summed E-state index contributed by atoms with van der Waals surface area (Å²) in [5.74, 6) is -1.02. The summed E-state index contributed by atoms with van der Waals surface area (Å²) in [6.45, 7) is 0.483. The van der Waals surface area contributed by atoms with Crippen LogP contribution in [-0.2, 0) is 20.7 Å². The van der Waals surface area contributed by atoms with E-state index in [-0.39, 0.29) is 12.4 Å². The van der Waals surface area contributed by atoms with Gasteiger partial charge in [0.1, 0.15) is 0 Å². The summed E-state index contributed by atoms with van der Waals surface area (Å²) < 4.78 is 5.14. The normalized spacial score (nSPS) is 10.4. The molecule has 4 heteroatoms. The molecule has 4 nitrogen and oxygen atoms in total. The van der Waals surface area contributed by atoms with Crippen LogP contribution in [0.15, 0.2) is 30.3 Å². The second-order valence-electron chi connectivity index (χ2n) is 5.82. The summed E-state index contributed by atoms with van der Waals surface area (Å²) >= 11 is 0. The van der Waals surface area contributed by atoms with Crippen molar-refractivity contribution >= 4 is 11.9 Å². The maximum Gasteiger partial charge on any atom is 0.305 e. The van der Waals surface area contributed by atoms with E-state index in [1.165, 1.54) is 24.8 Å². The molecule has 0 unspecified atom stereocenters. The molecule has 0 aromatic heterocycles. The Kier molecular flexibility index (Phi) is 10.6. The molecule has 0 aliphatic rings. The van der Waals surface area contributed by atoms with E-state index < -0.39 is 5.97 Å². The molecular weight excluding hydrogens is 292 g/mol. The molecule has 23 heavy (non-hydrogen) atoms. The third-order valence-corrected chi connectivity index (χ3v) is 3.74. The number of hydrogen-bond donors (Lipinski definition) is 1. The van der Waals surface area contributed by atoms with Gasteiger partial charge in [0.25, 0.3) is 0 Å². The molecule has 1 aromatic rings. The predicted molar refractivity (Wildman–Crippen MR) is 90.3 cm³/mol. The molecule has 0 saturated heterocycles. The van der Waals surface area contributed by atoms with Gasteiger partial charge in [-0.1, -0.05) is 49.6 Å². The number of ether oxygens (including phenoxy) is 1. The molecule has 0 bridgehead atoms. The van der Waals surface area contributed by atoms with Crippen LogP contribution >= 0.6 is 0 Å². The van der Waals surface area contributed by atoms with E-state index in [1.807, 2.05) is 6.07 Å². The molecular formula is C19H28O4. The van der Waals surface area contributed by atoms with Gasteiger partial charge >= 0.3 is 11.9 Å². The first kappa shape index (κ1) is 19.2. The monoisotopic (exact) mass is 320 g/mol. The van der Waals surface area contributed by atoms with Gasteiger partial charge in [-0.2, -0.15) is 0 Å². The number of esters is 1. The van der Waals surface area contributed by atoms with Gasteiger partial charge in [-0.25, -0.2) is 0 Å². The van der Waals surface area contributed by atoms with Crippen molar-refractivity contribution in [3.8, 4) is 0 Å². The van der Waals surface area contributed by atoms with Gasteiger partial charge in [-0.3, -0.25) is 9.59 Å². The zero-order chi connectivity index (χ0) is 16.8. The fraction of sp³-hybridized carbons (Fsp3) is 0.579. The maximum absolute atomic E-state index is 11.4. The van der Waals surface area contributed by atoms with Crippen molar-refractivity contribution in [2.75, 3.05) is 6.61 Å². The molecule has 128 valence electrons. The van der Waals surface area contributed by atoms with Gasteiger partial charge in [-0.05, 0) is 37.7 Å². The molecule has 0 aliphatic heterocycles. The third kappa shape index (κ3) is 11.4. The van der Waals surface area contributed by atoms with Crippen LogP contribution in [0.3, 0.4) is 0 Å². The highest BCUT2D eigenvalue weighted by molar-refractivity contribution is 5.69. The number of aliphatic carboxylic acids is 1. The van der Waals surface area contributed by atoms with E-state index in [2.05, 4.69) is 24.3 Å². The largest absolute Gasteiger partial charge is 0.481 e. The van der Waals surface area contributed by atoms with E-state index >= 15 is 0 Å². The van der Waals surface area contributed by atoms with Gasteiger partial charge in [0.05, 0.1) is 6.61 Å². The van der Waals surface area contributed by atoms with Crippen LogP contribution in [0.1, 0.15) is 63.4 Å². The van der Waals surface area contributed by atoms with Crippen LogP contribution in [-0.4, -0.2) is 23.7 Å². The summed E-state index contributed by atoms with van der Waals surface area (Å²) in [7, 11) is 0. The molecule has 0 fully saturated rings. The van der Waals surface area contributed by atoms with E-state index in [1.54, 1.807) is 0 Å². The maximum atomic E-state index is 11.4. The molecule has 0 aliphatic carbocycles. The minimum atomic E-state index is -0.814. The van der Waals surface area contributed by atoms with E-state index in [4.69, 9.17) is 9.84 Å². The summed E-state index contributed by atoms with van der Waals surface area (Å²) in [4.78, 5) is 21.7. The number of benzene rings is 1. The van der Waals surface area contributed by atoms with E-state index in [0.29, 0.717) is 25.9 Å². The predicted octanol–water partition coefficient (Wildman–Crippen LogP) is 4.37. The standard InChI is InChI=1S/C19H28O4/c20-18(21)14-8-9-15-19(22)23-16-10-3-1-2-5-11-17-12-6-4-7-13-17/h4,6-7,12-13H,1-3,5,8-11,14-16H2,(H,20,21). The number of unbranched alkanes of at least 4 members (excludes halogenated alkanes) is 5. The average molecular weight is 320 g/mol. The summed E-state index contributed by atoms with van der Waals surface area (Å²) in [6, 6.07) is 10.5. The third-order valence-electron chi connectivity index (χ3n) is 3.74. The minimum Gasteiger partial charge on any atom is -0.481 e. The Balaban J connectivity index is 1.85. The van der Waals surface area contributed by atoms with Crippen molar-refractivity contribution in [1.29, 1.82) is 0 Å². The molecule has 0 saturated carbocycles. The minimum absolute atomic E-state index is 0.121. The topological polar surface area (TPSA) is 63.6 Å². The highest BCUT2D eigenvalue weighted by Crippen LogP contribution is 2.09. The summed E-state index contributed by atoms with van der Waals surface area (Å²) in [6.07, 6.45) is 8.27. The van der Waals surface area contributed by atoms with Gasteiger partial charge in [0.2, 0.25) is 0 Å². The highest BCUT2D eigenvalue weighted by atomic mass is 16.5. The van der Waals surface area contributed by atoms with E-state index in [9.17, 15) is 9.59 Å². The lowest BCUT2D eigenvalue weighted by Crippen LogP contribution is -2.06. The Bertz CT molecular complexity index is 442. The van der Waals surface area contributed by atoms with Crippen LogP contribution in [0.4, 0.5) is 0 Å². The van der Waals surface area contributed by atoms with Crippen molar-refractivity contribution < 1.29 is 19.4 Å². The van der Waals surface area contributed by atoms with Crippen LogP contribution in [0.25, 0.3) is 0 Å². The zero-order valence-corrected chi connectivity index (χ0v) is 13.8. The highest BCUT2D eigenvalue weighted by Gasteiger charge is 2.04. The number of carbonyl (C=O) groups excluding carboxylic acids is 1. The summed E-state index contributed by atoms with van der Waals surface area (Å²) in [5, 5.41) is 8.49. The second-order valence-corrected chi connectivity index (χ2v) is 5.82. The molecule has 0 radical (unpaired) electrons. The molecule has 0 atom stereocenters. The van der Waals surface area contributed by atoms with Crippen molar-refractivity contribution in [3.63, 3.8) is 0 Å². The Hall–Kier alpha value is -1.84. The first-order valence-electron chi connectivity index (χ1n) is 8.60. The van der Waals surface area contributed by atoms with Crippen molar-refractivity contribution in [3.05, 3.63) is 35.9 Å². The van der Waals surface area contributed by atoms with E-state index in [0.717, 1.165) is 19.3 Å². The van der Waals surface area contributed by atoms with Crippen LogP contribution in [0, 0.1) is 0 Å².